The number of nitrogens with two attached hydrogens (primary N) is 2. The molecule has 2 aromatic rings. The summed E-state index contributed by atoms with van der Waals surface area (Å²) < 4.78 is 5.64. The number of carbonyl (C=O) groups excluding carboxylic acids is 1. The van der Waals surface area contributed by atoms with Crippen molar-refractivity contribution in [3.8, 4) is 0 Å². The third-order valence-corrected chi connectivity index (χ3v) is 4.59. The van der Waals surface area contributed by atoms with E-state index in [1.54, 1.807) is 0 Å². The van der Waals surface area contributed by atoms with Crippen molar-refractivity contribution in [3.05, 3.63) is 54.1 Å². The zero-order chi connectivity index (χ0) is 19.6. The lowest BCUT2D eigenvalue weighted by molar-refractivity contribution is 0.0137. The first-order valence-electron chi connectivity index (χ1n) is 9.18. The van der Waals surface area contributed by atoms with Gasteiger partial charge in [0.1, 0.15) is 5.60 Å². The van der Waals surface area contributed by atoms with E-state index in [0.29, 0.717) is 18.8 Å². The topological polar surface area (TPSA) is 84.8 Å². The summed E-state index contributed by atoms with van der Waals surface area (Å²) >= 11 is 0. The fourth-order valence-corrected chi connectivity index (χ4v) is 3.25. The van der Waals surface area contributed by atoms with Gasteiger partial charge in [0.05, 0.1) is 6.04 Å². The van der Waals surface area contributed by atoms with E-state index in [0.717, 1.165) is 23.5 Å². The minimum atomic E-state index is -0.531. The molecule has 1 saturated heterocycles. The van der Waals surface area contributed by atoms with Crippen LogP contribution in [-0.2, 0) is 4.74 Å². The van der Waals surface area contributed by atoms with E-state index in [9.17, 15) is 4.79 Å². The number of anilines is 3. The van der Waals surface area contributed by atoms with Crippen molar-refractivity contribution in [3.63, 3.8) is 0 Å². The monoisotopic (exact) mass is 368 g/mol. The van der Waals surface area contributed by atoms with E-state index >= 15 is 0 Å². The van der Waals surface area contributed by atoms with Crippen molar-refractivity contribution < 1.29 is 9.53 Å². The highest BCUT2D eigenvalue weighted by molar-refractivity contribution is 5.70. The van der Waals surface area contributed by atoms with E-state index in [1.807, 2.05) is 74.2 Å². The number of nitrogen functional groups attached to an aromatic ring is 2. The summed E-state index contributed by atoms with van der Waals surface area (Å²) in [5.41, 5.74) is 14.7. The maximum Gasteiger partial charge on any atom is 0.410 e. The molecule has 0 aromatic heterocycles. The maximum absolute atomic E-state index is 12.8. The van der Waals surface area contributed by atoms with Crippen LogP contribution in [0.2, 0.25) is 0 Å². The van der Waals surface area contributed by atoms with Crippen molar-refractivity contribution in [2.45, 2.75) is 32.4 Å². The Morgan fingerprint density at radius 2 is 1.52 bits per heavy atom. The van der Waals surface area contributed by atoms with Crippen LogP contribution >= 0.6 is 0 Å². The highest BCUT2D eigenvalue weighted by Crippen LogP contribution is 2.30. The van der Waals surface area contributed by atoms with Gasteiger partial charge in [-0.2, -0.15) is 0 Å². The van der Waals surface area contributed by atoms with Crippen molar-refractivity contribution in [1.29, 1.82) is 0 Å². The third-order valence-electron chi connectivity index (χ3n) is 4.59. The first kappa shape index (κ1) is 18.9. The van der Waals surface area contributed by atoms with Gasteiger partial charge in [0, 0.05) is 36.7 Å². The highest BCUT2D eigenvalue weighted by atomic mass is 16.6. The predicted molar refractivity (Wildman–Crippen MR) is 110 cm³/mol. The van der Waals surface area contributed by atoms with Gasteiger partial charge in [-0.15, -0.1) is 0 Å². The summed E-state index contributed by atoms with van der Waals surface area (Å²) in [5, 5.41) is 0. The number of hydrogen-bond acceptors (Lipinski definition) is 5. The van der Waals surface area contributed by atoms with Crippen LogP contribution in [0.5, 0.6) is 0 Å². The summed E-state index contributed by atoms with van der Waals surface area (Å²) in [6.45, 7) is 7.63. The van der Waals surface area contributed by atoms with Gasteiger partial charge < -0.3 is 21.1 Å². The molecule has 1 unspecified atom stereocenters. The molecule has 0 radical (unpaired) electrons. The van der Waals surface area contributed by atoms with Crippen LogP contribution in [0.4, 0.5) is 21.9 Å². The number of nitrogens with zero attached hydrogens (tertiary/aromatic N) is 2. The number of carbonyl (C=O) groups is 1. The van der Waals surface area contributed by atoms with E-state index < -0.39 is 5.60 Å². The molecule has 1 aliphatic rings. The van der Waals surface area contributed by atoms with E-state index in [2.05, 4.69) is 4.90 Å². The number of hydrogen-bond donors (Lipinski definition) is 2. The van der Waals surface area contributed by atoms with Crippen LogP contribution in [0.15, 0.2) is 48.5 Å². The molecule has 27 heavy (non-hydrogen) atoms. The second-order valence-corrected chi connectivity index (χ2v) is 7.89. The molecule has 2 aromatic carbocycles. The van der Waals surface area contributed by atoms with Gasteiger partial charge in [-0.1, -0.05) is 12.1 Å². The Hall–Kier alpha value is -2.89. The van der Waals surface area contributed by atoms with Gasteiger partial charge in [0.15, 0.2) is 0 Å². The highest BCUT2D eigenvalue weighted by Gasteiger charge is 2.34. The smallest absolute Gasteiger partial charge is 0.410 e. The molecule has 3 rings (SSSR count). The van der Waals surface area contributed by atoms with E-state index in [-0.39, 0.29) is 12.1 Å². The van der Waals surface area contributed by atoms with Crippen LogP contribution in [0.3, 0.4) is 0 Å². The van der Waals surface area contributed by atoms with Gasteiger partial charge in [-0.3, -0.25) is 4.90 Å². The summed E-state index contributed by atoms with van der Waals surface area (Å²) in [6.07, 6.45) is -0.290. The van der Waals surface area contributed by atoms with Gasteiger partial charge in [-0.25, -0.2) is 4.79 Å². The minimum absolute atomic E-state index is 0.119. The first-order chi connectivity index (χ1) is 12.7. The molecular formula is C21H28N4O2. The number of piperazine rings is 1. The van der Waals surface area contributed by atoms with E-state index in [1.165, 1.54) is 0 Å². The van der Waals surface area contributed by atoms with Crippen LogP contribution in [0.1, 0.15) is 32.4 Å². The van der Waals surface area contributed by atoms with Crippen LogP contribution in [0, 0.1) is 0 Å². The number of rotatable bonds is 2. The Bertz CT molecular complexity index is 781. The molecule has 6 nitrogen and oxygen atoms in total. The van der Waals surface area contributed by atoms with Crippen molar-refractivity contribution in [1.82, 2.24) is 4.90 Å². The fraction of sp³-hybridized carbons (Fsp3) is 0.381. The summed E-state index contributed by atoms with van der Waals surface area (Å²) in [7, 11) is 0. The Morgan fingerprint density at radius 3 is 2.07 bits per heavy atom. The minimum Gasteiger partial charge on any atom is -0.444 e. The fourth-order valence-electron chi connectivity index (χ4n) is 3.25. The molecule has 1 aliphatic heterocycles. The molecule has 0 bridgehead atoms. The third kappa shape index (κ3) is 4.64. The summed E-state index contributed by atoms with van der Waals surface area (Å²) in [5.74, 6) is 0. The van der Waals surface area contributed by atoms with Crippen molar-refractivity contribution in [2.75, 3.05) is 36.0 Å². The molecule has 144 valence electrons. The lowest BCUT2D eigenvalue weighted by atomic mass is 10.0. The molecule has 1 heterocycles. The maximum atomic E-state index is 12.8. The second kappa shape index (κ2) is 7.39. The molecule has 1 fully saturated rings. The molecule has 0 spiro atoms. The Morgan fingerprint density at radius 1 is 0.963 bits per heavy atom. The molecule has 4 N–H and O–H groups in total. The Kier molecular flexibility index (Phi) is 5.17. The van der Waals surface area contributed by atoms with Gasteiger partial charge in [0.2, 0.25) is 0 Å². The zero-order valence-corrected chi connectivity index (χ0v) is 16.2. The van der Waals surface area contributed by atoms with Crippen LogP contribution in [0.25, 0.3) is 0 Å². The SMILES string of the molecule is CC(C)(C)OC(=O)N1CCN(c2ccc(N)cc2)CC1c1ccc(N)cc1. The lowest BCUT2D eigenvalue weighted by Gasteiger charge is -2.43. The van der Waals surface area contributed by atoms with Gasteiger partial charge in [0.25, 0.3) is 0 Å². The predicted octanol–water partition coefficient (Wildman–Crippen LogP) is 3.65. The zero-order valence-electron chi connectivity index (χ0n) is 16.2. The average Bonchev–Trinajstić information content (AvgIpc) is 2.61. The quantitative estimate of drug-likeness (QED) is 0.791. The largest absolute Gasteiger partial charge is 0.444 e. The Labute approximate surface area is 160 Å². The van der Waals surface area contributed by atoms with E-state index in [4.69, 9.17) is 16.2 Å². The summed E-state index contributed by atoms with van der Waals surface area (Å²) in [6, 6.07) is 15.4. The summed E-state index contributed by atoms with van der Waals surface area (Å²) in [4.78, 5) is 16.9. The molecule has 0 saturated carbocycles. The van der Waals surface area contributed by atoms with Crippen molar-refractivity contribution >= 4 is 23.2 Å². The molecule has 1 amide bonds. The Balaban J connectivity index is 1.87. The van der Waals surface area contributed by atoms with Gasteiger partial charge in [-0.05, 0) is 62.7 Å². The number of amides is 1. The molecule has 1 atom stereocenters. The van der Waals surface area contributed by atoms with Crippen LogP contribution < -0.4 is 16.4 Å². The average molecular weight is 368 g/mol. The van der Waals surface area contributed by atoms with Crippen molar-refractivity contribution in [2.24, 2.45) is 0 Å². The lowest BCUT2D eigenvalue weighted by Crippen LogP contribution is -2.52. The number of ether oxygens (including phenoxy) is 1. The molecular weight excluding hydrogens is 340 g/mol. The number of benzene rings is 2. The van der Waals surface area contributed by atoms with Gasteiger partial charge >= 0.3 is 6.09 Å². The normalized spacial score (nSPS) is 17.7. The second-order valence-electron chi connectivity index (χ2n) is 7.89. The molecule has 0 aliphatic carbocycles. The first-order valence-corrected chi connectivity index (χ1v) is 9.18. The standard InChI is InChI=1S/C21H28N4O2/c1-21(2,3)27-20(26)25-13-12-24(18-10-8-17(23)9-11-18)14-19(25)15-4-6-16(22)7-5-15/h4-11,19H,12-14,22-23H2,1-3H3. The van der Waals surface area contributed by atoms with Crippen LogP contribution in [-0.4, -0.2) is 36.2 Å². The molecule has 6 heteroatoms.